The number of rotatable bonds is 4. The van der Waals surface area contributed by atoms with Crippen molar-refractivity contribution in [2.24, 2.45) is 0 Å². The summed E-state index contributed by atoms with van der Waals surface area (Å²) in [5.41, 5.74) is 2.30. The van der Waals surface area contributed by atoms with Gasteiger partial charge in [0.15, 0.2) is 0 Å². The number of amides is 2. The molecule has 2 N–H and O–H groups in total. The topological polar surface area (TPSA) is 93.8 Å². The number of nitrogens with zero attached hydrogens (tertiary/aromatic N) is 4. The standard InChI is InChI=1S/C21H23ClN6O2/c1-14-17(22)5-2-6-18(14)25-20(29)24-16-7-8-19-26-28(21(30)27(19)11-9-16)13-15-4-3-10-23-12-15/h2-6,10,12,16H,7-9,11,13H2,1H3,(H2,24,25,29). The van der Waals surface area contributed by atoms with Crippen LogP contribution in [0.15, 0.2) is 47.5 Å². The van der Waals surface area contributed by atoms with Crippen LogP contribution in [0.2, 0.25) is 5.02 Å². The fraction of sp³-hybridized carbons (Fsp3) is 0.333. The number of carbonyl (C=O) groups is 1. The average Bonchev–Trinajstić information content (AvgIpc) is 2.89. The van der Waals surface area contributed by atoms with Crippen molar-refractivity contribution in [3.8, 4) is 0 Å². The van der Waals surface area contributed by atoms with E-state index in [1.165, 1.54) is 4.68 Å². The molecule has 0 spiro atoms. The third-order valence-corrected chi connectivity index (χ3v) is 5.73. The third-order valence-electron chi connectivity index (χ3n) is 5.32. The summed E-state index contributed by atoms with van der Waals surface area (Å²) in [4.78, 5) is 29.3. The molecule has 1 atom stereocenters. The second kappa shape index (κ2) is 8.71. The Morgan fingerprint density at radius 3 is 2.93 bits per heavy atom. The molecular weight excluding hydrogens is 404 g/mol. The average molecular weight is 427 g/mol. The smallest absolute Gasteiger partial charge is 0.335 e. The maximum atomic E-state index is 12.7. The summed E-state index contributed by atoms with van der Waals surface area (Å²) in [7, 11) is 0. The molecule has 9 heteroatoms. The van der Waals surface area contributed by atoms with E-state index in [0.717, 1.165) is 17.0 Å². The summed E-state index contributed by atoms with van der Waals surface area (Å²) in [5, 5.41) is 11.0. The fourth-order valence-electron chi connectivity index (χ4n) is 3.63. The summed E-state index contributed by atoms with van der Waals surface area (Å²) >= 11 is 6.11. The molecule has 1 aliphatic heterocycles. The number of aromatic nitrogens is 4. The highest BCUT2D eigenvalue weighted by atomic mass is 35.5. The molecule has 4 rings (SSSR count). The van der Waals surface area contributed by atoms with Gasteiger partial charge in [0.1, 0.15) is 5.82 Å². The summed E-state index contributed by atoms with van der Waals surface area (Å²) in [6.07, 6.45) is 5.43. The number of urea groups is 1. The van der Waals surface area contributed by atoms with Crippen molar-refractivity contribution in [1.29, 1.82) is 0 Å². The van der Waals surface area contributed by atoms with E-state index in [4.69, 9.17) is 11.6 Å². The number of benzene rings is 1. The molecule has 1 aliphatic rings. The number of hydrogen-bond acceptors (Lipinski definition) is 4. The van der Waals surface area contributed by atoms with E-state index in [-0.39, 0.29) is 17.8 Å². The maximum Gasteiger partial charge on any atom is 0.346 e. The van der Waals surface area contributed by atoms with Gasteiger partial charge in [0.25, 0.3) is 0 Å². The lowest BCUT2D eigenvalue weighted by atomic mass is 10.1. The first-order chi connectivity index (χ1) is 14.5. The number of carbonyl (C=O) groups excluding carboxylic acids is 1. The molecule has 8 nitrogen and oxygen atoms in total. The first-order valence-corrected chi connectivity index (χ1v) is 10.3. The first-order valence-electron chi connectivity index (χ1n) is 9.89. The van der Waals surface area contributed by atoms with Crippen molar-refractivity contribution in [2.45, 2.75) is 45.3 Å². The number of pyridine rings is 1. The molecule has 0 bridgehead atoms. The molecule has 0 fully saturated rings. The molecule has 2 aromatic heterocycles. The van der Waals surface area contributed by atoms with E-state index in [9.17, 15) is 9.59 Å². The van der Waals surface area contributed by atoms with Crippen LogP contribution in [-0.4, -0.2) is 31.4 Å². The number of hydrogen-bond donors (Lipinski definition) is 2. The molecule has 0 radical (unpaired) electrons. The normalized spacial score (nSPS) is 15.9. The van der Waals surface area contributed by atoms with E-state index in [2.05, 4.69) is 20.7 Å². The molecule has 156 valence electrons. The lowest BCUT2D eigenvalue weighted by molar-refractivity contribution is 0.247. The molecule has 0 aliphatic carbocycles. The van der Waals surface area contributed by atoms with Gasteiger partial charge >= 0.3 is 11.7 Å². The summed E-state index contributed by atoms with van der Waals surface area (Å²) in [6, 6.07) is 8.84. The first kappa shape index (κ1) is 20.2. The lowest BCUT2D eigenvalue weighted by Crippen LogP contribution is -2.38. The Labute approximate surface area is 178 Å². The Balaban J connectivity index is 1.38. The van der Waals surface area contributed by atoms with Crippen LogP contribution in [0, 0.1) is 6.92 Å². The Bertz CT molecular complexity index is 1110. The molecule has 3 heterocycles. The highest BCUT2D eigenvalue weighted by Gasteiger charge is 2.22. The predicted octanol–water partition coefficient (Wildman–Crippen LogP) is 2.98. The minimum atomic E-state index is -0.279. The molecular formula is C21H23ClN6O2. The van der Waals surface area contributed by atoms with Gasteiger partial charge in [-0.15, -0.1) is 0 Å². The van der Waals surface area contributed by atoms with Gasteiger partial charge < -0.3 is 10.6 Å². The van der Waals surface area contributed by atoms with Gasteiger partial charge in [-0.1, -0.05) is 23.7 Å². The van der Waals surface area contributed by atoms with Crippen LogP contribution in [0.3, 0.4) is 0 Å². The van der Waals surface area contributed by atoms with E-state index in [1.807, 2.05) is 25.1 Å². The monoisotopic (exact) mass is 426 g/mol. The zero-order valence-corrected chi connectivity index (χ0v) is 17.4. The number of fused-ring (bicyclic) bond motifs is 1. The van der Waals surface area contributed by atoms with Crippen molar-refractivity contribution < 1.29 is 4.79 Å². The number of anilines is 1. The van der Waals surface area contributed by atoms with Crippen LogP contribution < -0.4 is 16.3 Å². The van der Waals surface area contributed by atoms with Crippen molar-refractivity contribution in [3.63, 3.8) is 0 Å². The Hall–Kier alpha value is -3.13. The van der Waals surface area contributed by atoms with Crippen molar-refractivity contribution >= 4 is 23.3 Å². The minimum absolute atomic E-state index is 0.0441. The van der Waals surface area contributed by atoms with Crippen LogP contribution in [0.1, 0.15) is 29.8 Å². The van der Waals surface area contributed by atoms with E-state index < -0.39 is 0 Å². The quantitative estimate of drug-likeness (QED) is 0.670. The SMILES string of the molecule is Cc1c(Cl)cccc1NC(=O)NC1CCc2nn(Cc3cccnc3)c(=O)n2CC1. The molecule has 0 saturated heterocycles. The predicted molar refractivity (Wildman–Crippen MR) is 115 cm³/mol. The van der Waals surface area contributed by atoms with E-state index in [1.54, 1.807) is 29.1 Å². The summed E-state index contributed by atoms with van der Waals surface area (Å²) < 4.78 is 3.19. The summed E-state index contributed by atoms with van der Waals surface area (Å²) in [6.45, 7) is 2.77. The van der Waals surface area contributed by atoms with Gasteiger partial charge in [0, 0.05) is 42.1 Å². The zero-order valence-electron chi connectivity index (χ0n) is 16.6. The van der Waals surface area contributed by atoms with Crippen molar-refractivity contribution in [1.82, 2.24) is 24.6 Å². The maximum absolute atomic E-state index is 12.7. The Kier molecular flexibility index (Phi) is 5.85. The van der Waals surface area contributed by atoms with Crippen molar-refractivity contribution in [2.75, 3.05) is 5.32 Å². The van der Waals surface area contributed by atoms with Crippen LogP contribution in [0.25, 0.3) is 0 Å². The lowest BCUT2D eigenvalue weighted by Gasteiger charge is -2.17. The van der Waals surface area contributed by atoms with Gasteiger partial charge in [0.05, 0.1) is 6.54 Å². The molecule has 0 saturated carbocycles. The third kappa shape index (κ3) is 4.38. The molecule has 1 aromatic carbocycles. The highest BCUT2D eigenvalue weighted by Crippen LogP contribution is 2.23. The van der Waals surface area contributed by atoms with Gasteiger partial charge in [-0.25, -0.2) is 14.3 Å². The molecule has 2 amide bonds. The zero-order chi connectivity index (χ0) is 21.1. The van der Waals surface area contributed by atoms with Crippen LogP contribution in [0.5, 0.6) is 0 Å². The molecule has 1 unspecified atom stereocenters. The van der Waals surface area contributed by atoms with Crippen molar-refractivity contribution in [3.05, 3.63) is 75.2 Å². The van der Waals surface area contributed by atoms with Crippen LogP contribution >= 0.6 is 11.6 Å². The van der Waals surface area contributed by atoms with Gasteiger partial charge in [-0.2, -0.15) is 5.10 Å². The second-order valence-corrected chi connectivity index (χ2v) is 7.81. The van der Waals surface area contributed by atoms with Gasteiger partial charge in [-0.05, 0) is 49.1 Å². The molecule has 3 aromatic rings. The van der Waals surface area contributed by atoms with Gasteiger partial charge in [-0.3, -0.25) is 9.55 Å². The molecule has 30 heavy (non-hydrogen) atoms. The van der Waals surface area contributed by atoms with E-state index >= 15 is 0 Å². The second-order valence-electron chi connectivity index (χ2n) is 7.40. The fourth-order valence-corrected chi connectivity index (χ4v) is 3.80. The largest absolute Gasteiger partial charge is 0.346 e. The number of nitrogens with one attached hydrogen (secondary N) is 2. The Morgan fingerprint density at radius 2 is 2.13 bits per heavy atom. The van der Waals surface area contributed by atoms with Crippen LogP contribution in [0.4, 0.5) is 10.5 Å². The number of halogens is 1. The summed E-state index contributed by atoms with van der Waals surface area (Å²) in [5.74, 6) is 0.749. The van der Waals surface area contributed by atoms with Crippen LogP contribution in [-0.2, 0) is 19.5 Å². The Morgan fingerprint density at radius 1 is 1.27 bits per heavy atom. The van der Waals surface area contributed by atoms with E-state index in [0.29, 0.717) is 43.1 Å². The highest BCUT2D eigenvalue weighted by molar-refractivity contribution is 6.31. The minimum Gasteiger partial charge on any atom is -0.335 e. The van der Waals surface area contributed by atoms with Gasteiger partial charge in [0.2, 0.25) is 0 Å². The number of aryl methyl sites for hydroxylation is 1.